The fraction of sp³-hybridized carbons (Fsp3) is 0.0476. The highest BCUT2D eigenvalue weighted by atomic mass is 32.2. The average Bonchev–Trinajstić information content (AvgIpc) is 2.74. The minimum Gasteiger partial charge on any atom is -0.493 e. The molecule has 0 atom stereocenters. The van der Waals surface area contributed by atoms with Crippen molar-refractivity contribution in [2.24, 2.45) is 0 Å². The van der Waals surface area contributed by atoms with Crippen molar-refractivity contribution in [3.8, 4) is 22.9 Å². The van der Waals surface area contributed by atoms with E-state index < -0.39 is 10.1 Å². The molecule has 1 aromatic heterocycles. The molecule has 8 heteroatoms. The maximum atomic E-state index is 12.5. The summed E-state index contributed by atoms with van der Waals surface area (Å²) >= 11 is 0. The van der Waals surface area contributed by atoms with E-state index in [1.165, 1.54) is 25.3 Å². The summed E-state index contributed by atoms with van der Waals surface area (Å²) in [5.74, 6) is 0.561. The van der Waals surface area contributed by atoms with E-state index >= 15 is 0 Å². The molecule has 0 radical (unpaired) electrons. The minimum atomic E-state index is -4.01. The Morgan fingerprint density at radius 3 is 2.38 bits per heavy atom. The molecule has 0 amide bonds. The second kappa shape index (κ2) is 7.40. The van der Waals surface area contributed by atoms with Crippen LogP contribution in [0.15, 0.2) is 82.5 Å². The van der Waals surface area contributed by atoms with Crippen molar-refractivity contribution < 1.29 is 17.3 Å². The van der Waals surface area contributed by atoms with Gasteiger partial charge in [0.25, 0.3) is 5.56 Å². The van der Waals surface area contributed by atoms with Crippen LogP contribution in [0.2, 0.25) is 0 Å². The lowest BCUT2D eigenvalue weighted by atomic mass is 10.1. The van der Waals surface area contributed by atoms with Gasteiger partial charge in [0.1, 0.15) is 10.7 Å². The lowest BCUT2D eigenvalue weighted by Gasteiger charge is -2.12. The molecule has 29 heavy (non-hydrogen) atoms. The third-order valence-corrected chi connectivity index (χ3v) is 5.53. The van der Waals surface area contributed by atoms with Crippen LogP contribution in [0.3, 0.4) is 0 Å². The van der Waals surface area contributed by atoms with Gasteiger partial charge in [-0.05, 0) is 42.5 Å². The lowest BCUT2D eigenvalue weighted by molar-refractivity contribution is 0.390. The SMILES string of the molecule is COc1cc(-c2nc3ccccc3c(=O)[nH]2)ccc1OS(=O)(=O)c1ccccc1. The molecule has 4 rings (SSSR count). The zero-order chi connectivity index (χ0) is 20.4. The second-order valence-corrected chi connectivity index (χ2v) is 7.69. The Morgan fingerprint density at radius 1 is 0.897 bits per heavy atom. The van der Waals surface area contributed by atoms with Crippen LogP contribution in [-0.4, -0.2) is 25.5 Å². The summed E-state index contributed by atoms with van der Waals surface area (Å²) in [7, 11) is -2.61. The average molecular weight is 408 g/mol. The van der Waals surface area contributed by atoms with E-state index in [-0.39, 0.29) is 22.0 Å². The van der Waals surface area contributed by atoms with E-state index in [0.717, 1.165) is 0 Å². The van der Waals surface area contributed by atoms with Crippen LogP contribution in [0.4, 0.5) is 0 Å². The number of nitrogens with one attached hydrogen (secondary N) is 1. The third kappa shape index (κ3) is 3.70. The predicted molar refractivity (Wildman–Crippen MR) is 109 cm³/mol. The van der Waals surface area contributed by atoms with Gasteiger partial charge in [0.15, 0.2) is 11.5 Å². The molecule has 4 aromatic rings. The van der Waals surface area contributed by atoms with Gasteiger partial charge in [-0.1, -0.05) is 30.3 Å². The molecule has 0 spiro atoms. The topological polar surface area (TPSA) is 98.3 Å². The number of hydrogen-bond acceptors (Lipinski definition) is 6. The summed E-state index contributed by atoms with van der Waals surface area (Å²) in [5.41, 5.74) is 0.836. The maximum Gasteiger partial charge on any atom is 0.339 e. The van der Waals surface area contributed by atoms with Gasteiger partial charge >= 0.3 is 10.1 Å². The molecular formula is C21H16N2O5S. The Bertz CT molecular complexity index is 1350. The first kappa shape index (κ1) is 18.7. The number of rotatable bonds is 5. The Hall–Kier alpha value is -3.65. The molecule has 0 saturated carbocycles. The molecule has 0 fully saturated rings. The number of hydrogen-bond donors (Lipinski definition) is 1. The Kier molecular flexibility index (Phi) is 4.77. The molecule has 1 heterocycles. The van der Waals surface area contributed by atoms with Gasteiger partial charge in [-0.15, -0.1) is 0 Å². The molecule has 7 nitrogen and oxygen atoms in total. The Morgan fingerprint density at radius 2 is 1.62 bits per heavy atom. The summed E-state index contributed by atoms with van der Waals surface area (Å²) in [6.45, 7) is 0. The number of nitrogens with zero attached hydrogens (tertiary/aromatic N) is 1. The van der Waals surface area contributed by atoms with E-state index in [1.807, 2.05) is 0 Å². The van der Waals surface area contributed by atoms with E-state index in [2.05, 4.69) is 9.97 Å². The standard InChI is InChI=1S/C21H16N2O5S/c1-27-19-13-14(20-22-17-10-6-5-9-16(17)21(24)23-20)11-12-18(19)28-29(25,26)15-7-3-2-4-8-15/h2-13H,1H3,(H,22,23,24). The molecule has 0 saturated heterocycles. The number of benzene rings is 3. The minimum absolute atomic E-state index is 0.0308. The van der Waals surface area contributed by atoms with Crippen LogP contribution in [-0.2, 0) is 10.1 Å². The van der Waals surface area contributed by atoms with E-state index in [4.69, 9.17) is 8.92 Å². The summed E-state index contributed by atoms with van der Waals surface area (Å²) < 4.78 is 35.5. The molecule has 146 valence electrons. The van der Waals surface area contributed by atoms with Crippen LogP contribution < -0.4 is 14.5 Å². The highest BCUT2D eigenvalue weighted by Gasteiger charge is 2.19. The smallest absolute Gasteiger partial charge is 0.339 e. The van der Waals surface area contributed by atoms with Crippen molar-refractivity contribution in [1.82, 2.24) is 9.97 Å². The number of aromatic nitrogens is 2. The quantitative estimate of drug-likeness (QED) is 0.509. The molecule has 0 bridgehead atoms. The van der Waals surface area contributed by atoms with Gasteiger partial charge in [0, 0.05) is 5.56 Å². The van der Waals surface area contributed by atoms with Gasteiger partial charge < -0.3 is 13.9 Å². The maximum absolute atomic E-state index is 12.5. The summed E-state index contributed by atoms with van der Waals surface area (Å²) in [5, 5.41) is 0.483. The first-order valence-corrected chi connectivity index (χ1v) is 10.1. The van der Waals surface area contributed by atoms with Crippen LogP contribution in [0, 0.1) is 0 Å². The van der Waals surface area contributed by atoms with Gasteiger partial charge in [0.2, 0.25) is 0 Å². The first-order chi connectivity index (χ1) is 14.0. The highest BCUT2D eigenvalue weighted by Crippen LogP contribution is 2.33. The number of ether oxygens (including phenoxy) is 1. The zero-order valence-electron chi connectivity index (χ0n) is 15.3. The van der Waals surface area contributed by atoms with Gasteiger partial charge in [0.05, 0.1) is 18.0 Å². The number of H-pyrrole nitrogens is 1. The fourth-order valence-electron chi connectivity index (χ4n) is 2.86. The van der Waals surface area contributed by atoms with Crippen molar-refractivity contribution in [1.29, 1.82) is 0 Å². The van der Waals surface area contributed by atoms with Crippen molar-refractivity contribution in [2.75, 3.05) is 7.11 Å². The van der Waals surface area contributed by atoms with Gasteiger partial charge in [-0.3, -0.25) is 4.79 Å². The molecule has 1 N–H and O–H groups in total. The van der Waals surface area contributed by atoms with Crippen molar-refractivity contribution >= 4 is 21.0 Å². The first-order valence-electron chi connectivity index (χ1n) is 8.65. The number of methoxy groups -OCH3 is 1. The number of fused-ring (bicyclic) bond motifs is 1. The normalized spacial score (nSPS) is 11.3. The summed E-state index contributed by atoms with van der Waals surface area (Å²) in [6, 6.07) is 19.4. The number of para-hydroxylation sites is 1. The Balaban J connectivity index is 1.73. The lowest BCUT2D eigenvalue weighted by Crippen LogP contribution is -2.11. The van der Waals surface area contributed by atoms with Gasteiger partial charge in [-0.2, -0.15) is 8.42 Å². The van der Waals surface area contributed by atoms with Crippen LogP contribution in [0.1, 0.15) is 0 Å². The van der Waals surface area contributed by atoms with Crippen molar-refractivity contribution in [3.63, 3.8) is 0 Å². The van der Waals surface area contributed by atoms with Crippen molar-refractivity contribution in [2.45, 2.75) is 4.90 Å². The van der Waals surface area contributed by atoms with Crippen LogP contribution in [0.5, 0.6) is 11.5 Å². The Labute approximate surface area is 166 Å². The van der Waals surface area contributed by atoms with Crippen LogP contribution in [0.25, 0.3) is 22.3 Å². The largest absolute Gasteiger partial charge is 0.493 e. The van der Waals surface area contributed by atoms with E-state index in [0.29, 0.717) is 22.3 Å². The summed E-state index contributed by atoms with van der Waals surface area (Å²) in [6.07, 6.45) is 0. The third-order valence-electron chi connectivity index (χ3n) is 4.28. The molecule has 0 aliphatic rings. The predicted octanol–water partition coefficient (Wildman–Crippen LogP) is 3.37. The molecule has 0 aliphatic heterocycles. The molecule has 0 unspecified atom stereocenters. The van der Waals surface area contributed by atoms with E-state index in [9.17, 15) is 13.2 Å². The zero-order valence-corrected chi connectivity index (χ0v) is 16.1. The highest BCUT2D eigenvalue weighted by molar-refractivity contribution is 7.87. The monoisotopic (exact) mass is 408 g/mol. The fourth-order valence-corrected chi connectivity index (χ4v) is 3.82. The van der Waals surface area contributed by atoms with E-state index in [1.54, 1.807) is 54.6 Å². The van der Waals surface area contributed by atoms with Gasteiger partial charge in [-0.25, -0.2) is 4.98 Å². The molecule has 3 aromatic carbocycles. The number of aromatic amines is 1. The van der Waals surface area contributed by atoms with Crippen molar-refractivity contribution in [3.05, 3.63) is 83.2 Å². The second-order valence-electron chi connectivity index (χ2n) is 6.15. The molecule has 0 aliphatic carbocycles. The van der Waals surface area contributed by atoms with Crippen LogP contribution >= 0.6 is 0 Å². The summed E-state index contributed by atoms with van der Waals surface area (Å²) in [4.78, 5) is 19.5. The molecular weight excluding hydrogens is 392 g/mol.